The Morgan fingerprint density at radius 1 is 1.47 bits per heavy atom. The van der Waals surface area contributed by atoms with Crippen LogP contribution in [0.3, 0.4) is 0 Å². The summed E-state index contributed by atoms with van der Waals surface area (Å²) in [7, 11) is 0. The smallest absolute Gasteiger partial charge is 0.308 e. The lowest BCUT2D eigenvalue weighted by molar-refractivity contribution is -0.384. The molecule has 1 saturated heterocycles. The highest BCUT2D eigenvalue weighted by molar-refractivity contribution is 5.72. The molecular formula is C11H12N2O4. The Morgan fingerprint density at radius 2 is 2.24 bits per heavy atom. The Bertz CT molecular complexity index is 461. The zero-order valence-electron chi connectivity index (χ0n) is 9.00. The lowest BCUT2D eigenvalue weighted by Gasteiger charge is -2.14. The zero-order valence-corrected chi connectivity index (χ0v) is 9.00. The van der Waals surface area contributed by atoms with Crippen LogP contribution >= 0.6 is 0 Å². The van der Waals surface area contributed by atoms with Crippen molar-refractivity contribution in [2.45, 2.75) is 5.92 Å². The number of hydrogen-bond donors (Lipinski definition) is 2. The van der Waals surface area contributed by atoms with Crippen LogP contribution in [0.15, 0.2) is 24.3 Å². The maximum atomic E-state index is 11.0. The Kier molecular flexibility index (Phi) is 3.06. The molecule has 2 N–H and O–H groups in total. The number of hydrogen-bond acceptors (Lipinski definition) is 4. The summed E-state index contributed by atoms with van der Waals surface area (Å²) in [6.07, 6.45) is 0. The second kappa shape index (κ2) is 4.50. The first-order valence-corrected chi connectivity index (χ1v) is 5.27. The van der Waals surface area contributed by atoms with E-state index in [2.05, 4.69) is 5.32 Å². The molecule has 90 valence electrons. The van der Waals surface area contributed by atoms with Crippen LogP contribution in [-0.2, 0) is 4.79 Å². The summed E-state index contributed by atoms with van der Waals surface area (Å²) in [6.45, 7) is 0.945. The SMILES string of the molecule is O=C(O)C1CNCC1c1cccc([N+](=O)[O-])c1. The summed E-state index contributed by atoms with van der Waals surface area (Å²) in [4.78, 5) is 21.2. The normalized spacial score (nSPS) is 23.5. The van der Waals surface area contributed by atoms with Gasteiger partial charge < -0.3 is 10.4 Å². The molecule has 1 aromatic carbocycles. The van der Waals surface area contributed by atoms with Gasteiger partial charge in [0.2, 0.25) is 0 Å². The van der Waals surface area contributed by atoms with Crippen molar-refractivity contribution < 1.29 is 14.8 Å². The Labute approximate surface area is 97.4 Å². The molecule has 0 radical (unpaired) electrons. The molecule has 1 aromatic rings. The summed E-state index contributed by atoms with van der Waals surface area (Å²) in [6, 6.07) is 6.18. The van der Waals surface area contributed by atoms with E-state index in [1.807, 2.05) is 0 Å². The number of carboxylic acid groups (broad SMARTS) is 1. The molecule has 6 nitrogen and oxygen atoms in total. The van der Waals surface area contributed by atoms with Crippen molar-refractivity contribution in [2.24, 2.45) is 5.92 Å². The van der Waals surface area contributed by atoms with E-state index in [0.717, 1.165) is 0 Å². The van der Waals surface area contributed by atoms with Gasteiger partial charge in [0.1, 0.15) is 0 Å². The Hall–Kier alpha value is -1.95. The van der Waals surface area contributed by atoms with Crippen LogP contribution in [0.25, 0.3) is 0 Å². The highest BCUT2D eigenvalue weighted by atomic mass is 16.6. The minimum absolute atomic E-state index is 0.00135. The van der Waals surface area contributed by atoms with Gasteiger partial charge in [-0.3, -0.25) is 14.9 Å². The summed E-state index contributed by atoms with van der Waals surface area (Å²) < 4.78 is 0. The Balaban J connectivity index is 2.30. The van der Waals surface area contributed by atoms with Crippen LogP contribution in [0.1, 0.15) is 11.5 Å². The Morgan fingerprint density at radius 3 is 2.88 bits per heavy atom. The third kappa shape index (κ3) is 2.26. The molecule has 0 saturated carbocycles. The van der Waals surface area contributed by atoms with Gasteiger partial charge in [-0.25, -0.2) is 0 Å². The molecule has 2 unspecified atom stereocenters. The molecule has 0 bridgehead atoms. The summed E-state index contributed by atoms with van der Waals surface area (Å²) in [5.74, 6) is -1.59. The number of aliphatic carboxylic acids is 1. The van der Waals surface area contributed by atoms with E-state index in [0.29, 0.717) is 18.7 Å². The monoisotopic (exact) mass is 236 g/mol. The van der Waals surface area contributed by atoms with Crippen molar-refractivity contribution >= 4 is 11.7 Å². The number of carboxylic acids is 1. The van der Waals surface area contributed by atoms with Crippen molar-refractivity contribution in [3.63, 3.8) is 0 Å². The number of non-ortho nitro benzene ring substituents is 1. The number of carbonyl (C=O) groups is 1. The molecule has 17 heavy (non-hydrogen) atoms. The average molecular weight is 236 g/mol. The number of nitrogens with zero attached hydrogens (tertiary/aromatic N) is 1. The van der Waals surface area contributed by atoms with E-state index in [9.17, 15) is 14.9 Å². The maximum Gasteiger partial charge on any atom is 0.308 e. The number of nitro groups is 1. The van der Waals surface area contributed by atoms with Crippen molar-refractivity contribution in [1.82, 2.24) is 5.32 Å². The van der Waals surface area contributed by atoms with Gasteiger partial charge >= 0.3 is 5.97 Å². The maximum absolute atomic E-state index is 11.0. The molecule has 2 atom stereocenters. The van der Waals surface area contributed by atoms with Crippen molar-refractivity contribution in [3.05, 3.63) is 39.9 Å². The fourth-order valence-electron chi connectivity index (χ4n) is 2.16. The first-order valence-electron chi connectivity index (χ1n) is 5.27. The summed E-state index contributed by atoms with van der Waals surface area (Å²) in [5.41, 5.74) is 0.704. The molecule has 1 fully saturated rings. The molecule has 6 heteroatoms. The van der Waals surface area contributed by atoms with Gasteiger partial charge in [-0.05, 0) is 5.56 Å². The fraction of sp³-hybridized carbons (Fsp3) is 0.364. The van der Waals surface area contributed by atoms with E-state index < -0.39 is 16.8 Å². The van der Waals surface area contributed by atoms with E-state index in [1.165, 1.54) is 12.1 Å². The minimum Gasteiger partial charge on any atom is -0.481 e. The van der Waals surface area contributed by atoms with Crippen molar-refractivity contribution in [1.29, 1.82) is 0 Å². The molecular weight excluding hydrogens is 224 g/mol. The van der Waals surface area contributed by atoms with E-state index in [4.69, 9.17) is 5.11 Å². The number of rotatable bonds is 3. The zero-order chi connectivity index (χ0) is 12.4. The van der Waals surface area contributed by atoms with Gasteiger partial charge in [0.15, 0.2) is 0 Å². The number of benzene rings is 1. The molecule has 0 aliphatic carbocycles. The van der Waals surface area contributed by atoms with Gasteiger partial charge in [-0.15, -0.1) is 0 Å². The molecule has 0 spiro atoms. The number of nitro benzene ring substituents is 1. The van der Waals surface area contributed by atoms with Crippen molar-refractivity contribution in [3.8, 4) is 0 Å². The third-order valence-corrected chi connectivity index (χ3v) is 3.04. The molecule has 2 rings (SSSR count). The largest absolute Gasteiger partial charge is 0.481 e. The van der Waals surface area contributed by atoms with E-state index >= 15 is 0 Å². The predicted molar refractivity (Wildman–Crippen MR) is 59.8 cm³/mol. The van der Waals surface area contributed by atoms with E-state index in [1.54, 1.807) is 12.1 Å². The second-order valence-electron chi connectivity index (χ2n) is 4.06. The first-order chi connectivity index (χ1) is 8.09. The van der Waals surface area contributed by atoms with Crippen LogP contribution in [0.4, 0.5) is 5.69 Å². The third-order valence-electron chi connectivity index (χ3n) is 3.04. The first kappa shape index (κ1) is 11.5. The number of nitrogens with one attached hydrogen (secondary N) is 1. The summed E-state index contributed by atoms with van der Waals surface area (Å²) in [5, 5.41) is 22.7. The van der Waals surface area contributed by atoms with Crippen LogP contribution in [0, 0.1) is 16.0 Å². The topological polar surface area (TPSA) is 92.5 Å². The van der Waals surface area contributed by atoms with Crippen LogP contribution in [0.2, 0.25) is 0 Å². The standard InChI is InChI=1S/C11H12N2O4/c14-11(15)10-6-12-5-9(10)7-2-1-3-8(4-7)13(16)17/h1-4,9-10,12H,5-6H2,(H,14,15). The van der Waals surface area contributed by atoms with Crippen LogP contribution in [-0.4, -0.2) is 29.1 Å². The van der Waals surface area contributed by atoms with Crippen LogP contribution < -0.4 is 5.32 Å². The van der Waals surface area contributed by atoms with Crippen LogP contribution in [0.5, 0.6) is 0 Å². The van der Waals surface area contributed by atoms with Gasteiger partial charge in [0.25, 0.3) is 5.69 Å². The second-order valence-corrected chi connectivity index (χ2v) is 4.06. The predicted octanol–water partition coefficient (Wildman–Crippen LogP) is 0.982. The molecule has 1 aliphatic heterocycles. The van der Waals surface area contributed by atoms with Gasteiger partial charge in [0.05, 0.1) is 10.8 Å². The molecule has 1 heterocycles. The minimum atomic E-state index is -0.869. The lowest BCUT2D eigenvalue weighted by Crippen LogP contribution is -2.21. The average Bonchev–Trinajstić information content (AvgIpc) is 2.78. The fourth-order valence-corrected chi connectivity index (χ4v) is 2.16. The lowest BCUT2D eigenvalue weighted by atomic mass is 9.89. The van der Waals surface area contributed by atoms with Gasteiger partial charge in [-0.2, -0.15) is 0 Å². The van der Waals surface area contributed by atoms with Gasteiger partial charge in [0, 0.05) is 31.1 Å². The van der Waals surface area contributed by atoms with Gasteiger partial charge in [-0.1, -0.05) is 12.1 Å². The highest BCUT2D eigenvalue weighted by Crippen LogP contribution is 2.30. The molecule has 0 aromatic heterocycles. The molecule has 1 aliphatic rings. The van der Waals surface area contributed by atoms with E-state index in [-0.39, 0.29) is 11.6 Å². The summed E-state index contributed by atoms with van der Waals surface area (Å²) >= 11 is 0. The quantitative estimate of drug-likeness (QED) is 0.603. The highest BCUT2D eigenvalue weighted by Gasteiger charge is 2.34. The molecule has 0 amide bonds. The van der Waals surface area contributed by atoms with Crippen molar-refractivity contribution in [2.75, 3.05) is 13.1 Å².